The number of thiophene rings is 1. The quantitative estimate of drug-likeness (QED) is 0.596. The Labute approximate surface area is 160 Å². The van der Waals surface area contributed by atoms with E-state index in [4.69, 9.17) is 5.14 Å². The van der Waals surface area contributed by atoms with Gasteiger partial charge in [0.15, 0.2) is 0 Å². The largest absolute Gasteiger partial charge is 0.350 e. The highest BCUT2D eigenvalue weighted by Gasteiger charge is 2.12. The van der Waals surface area contributed by atoms with Crippen LogP contribution in [0.25, 0.3) is 10.9 Å². The lowest BCUT2D eigenvalue weighted by molar-refractivity contribution is -0.121. The number of sulfonamides is 1. The third-order valence-electron chi connectivity index (χ3n) is 3.48. The van der Waals surface area contributed by atoms with Gasteiger partial charge in [0, 0.05) is 9.35 Å². The number of hydrogen-bond donors (Lipinski definition) is 2. The standard InChI is InChI=1S/C15H13BrN4O4S2/c16-9-1-3-12-11(5-9)15(22)20(8-19-12)7-13(21)18-6-10-2-4-14(25-10)26(17,23)24/h1-5,8H,6-7H2,(H,18,21)(H2,17,23,24). The van der Waals surface area contributed by atoms with Crippen molar-refractivity contribution < 1.29 is 13.2 Å². The number of halogens is 1. The first-order valence-corrected chi connectivity index (χ1v) is 10.4. The molecule has 136 valence electrons. The number of primary sulfonamides is 1. The molecule has 2 aromatic heterocycles. The fraction of sp³-hybridized carbons (Fsp3) is 0.133. The number of carbonyl (C=O) groups excluding carboxylic acids is 1. The number of amides is 1. The average Bonchev–Trinajstić information content (AvgIpc) is 3.05. The van der Waals surface area contributed by atoms with Crippen molar-refractivity contribution in [1.29, 1.82) is 0 Å². The second kappa shape index (κ2) is 7.27. The van der Waals surface area contributed by atoms with Crippen molar-refractivity contribution in [2.75, 3.05) is 0 Å². The molecule has 2 heterocycles. The number of benzene rings is 1. The van der Waals surface area contributed by atoms with E-state index in [0.717, 1.165) is 15.8 Å². The monoisotopic (exact) mass is 456 g/mol. The van der Waals surface area contributed by atoms with E-state index in [1.807, 2.05) is 0 Å². The van der Waals surface area contributed by atoms with Crippen molar-refractivity contribution in [2.24, 2.45) is 5.14 Å². The van der Waals surface area contributed by atoms with E-state index in [9.17, 15) is 18.0 Å². The van der Waals surface area contributed by atoms with Crippen molar-refractivity contribution in [1.82, 2.24) is 14.9 Å². The molecule has 0 bridgehead atoms. The van der Waals surface area contributed by atoms with Gasteiger partial charge in [-0.1, -0.05) is 15.9 Å². The van der Waals surface area contributed by atoms with E-state index < -0.39 is 15.9 Å². The first kappa shape index (κ1) is 18.7. The molecule has 0 saturated carbocycles. The van der Waals surface area contributed by atoms with Crippen LogP contribution in [0.4, 0.5) is 0 Å². The Morgan fingerprint density at radius 1 is 1.31 bits per heavy atom. The molecule has 0 aliphatic carbocycles. The lowest BCUT2D eigenvalue weighted by atomic mass is 10.2. The van der Waals surface area contributed by atoms with E-state index in [0.29, 0.717) is 15.8 Å². The summed E-state index contributed by atoms with van der Waals surface area (Å²) in [4.78, 5) is 29.3. The van der Waals surface area contributed by atoms with Gasteiger partial charge in [-0.3, -0.25) is 14.2 Å². The van der Waals surface area contributed by atoms with Crippen LogP contribution in [0.15, 0.2) is 50.1 Å². The van der Waals surface area contributed by atoms with E-state index in [-0.39, 0.29) is 22.9 Å². The summed E-state index contributed by atoms with van der Waals surface area (Å²) in [6.45, 7) is -0.0535. The van der Waals surface area contributed by atoms with Crippen molar-refractivity contribution in [3.05, 3.63) is 56.4 Å². The van der Waals surface area contributed by atoms with Gasteiger partial charge in [0.2, 0.25) is 15.9 Å². The van der Waals surface area contributed by atoms with Gasteiger partial charge >= 0.3 is 0 Å². The van der Waals surface area contributed by atoms with Crippen molar-refractivity contribution in [3.8, 4) is 0 Å². The number of rotatable bonds is 5. The zero-order chi connectivity index (χ0) is 18.9. The Morgan fingerprint density at radius 3 is 2.77 bits per heavy atom. The van der Waals surface area contributed by atoms with Gasteiger partial charge in [-0.05, 0) is 30.3 Å². The van der Waals surface area contributed by atoms with Gasteiger partial charge in [-0.15, -0.1) is 11.3 Å². The fourth-order valence-corrected chi connectivity index (χ4v) is 4.33. The predicted octanol–water partition coefficient (Wildman–Crippen LogP) is 1.18. The molecule has 1 amide bonds. The lowest BCUT2D eigenvalue weighted by Gasteiger charge is -2.07. The van der Waals surface area contributed by atoms with Gasteiger partial charge in [0.1, 0.15) is 10.8 Å². The molecule has 0 aliphatic rings. The van der Waals surface area contributed by atoms with E-state index in [2.05, 4.69) is 26.2 Å². The Morgan fingerprint density at radius 2 is 2.08 bits per heavy atom. The highest BCUT2D eigenvalue weighted by Crippen LogP contribution is 2.20. The first-order valence-electron chi connectivity index (χ1n) is 7.27. The number of carbonyl (C=O) groups is 1. The van der Waals surface area contributed by atoms with Crippen LogP contribution in [0.1, 0.15) is 4.88 Å². The minimum Gasteiger partial charge on any atom is -0.350 e. The fourth-order valence-electron chi connectivity index (χ4n) is 2.25. The first-order chi connectivity index (χ1) is 12.2. The van der Waals surface area contributed by atoms with Gasteiger partial charge in [-0.2, -0.15) is 0 Å². The van der Waals surface area contributed by atoms with Crippen molar-refractivity contribution in [3.63, 3.8) is 0 Å². The number of nitrogens with one attached hydrogen (secondary N) is 1. The number of fused-ring (bicyclic) bond motifs is 1. The minimum atomic E-state index is -3.75. The summed E-state index contributed by atoms with van der Waals surface area (Å²) < 4.78 is 24.5. The molecule has 1 aromatic carbocycles. The van der Waals surface area contributed by atoms with Crippen LogP contribution in [0.5, 0.6) is 0 Å². The van der Waals surface area contributed by atoms with Crippen LogP contribution in [0.3, 0.4) is 0 Å². The molecule has 3 aromatic rings. The maximum atomic E-state index is 12.4. The maximum Gasteiger partial charge on any atom is 0.261 e. The van der Waals surface area contributed by atoms with Crippen molar-refractivity contribution in [2.45, 2.75) is 17.3 Å². The molecule has 0 spiro atoms. The number of aromatic nitrogens is 2. The van der Waals surface area contributed by atoms with E-state index >= 15 is 0 Å². The second-order valence-corrected chi connectivity index (χ2v) is 9.25. The molecule has 11 heteroatoms. The Bertz CT molecular complexity index is 1150. The van der Waals surface area contributed by atoms with Crippen molar-refractivity contribution >= 4 is 54.1 Å². The summed E-state index contributed by atoms with van der Waals surface area (Å²) >= 11 is 4.28. The topological polar surface area (TPSA) is 124 Å². The Balaban J connectivity index is 1.70. The normalized spacial score (nSPS) is 11.6. The SMILES string of the molecule is NS(=O)(=O)c1ccc(CNC(=O)Cn2cnc3ccc(Br)cc3c2=O)s1. The third-order valence-corrected chi connectivity index (χ3v) is 6.49. The third kappa shape index (κ3) is 4.18. The molecule has 3 rings (SSSR count). The van der Waals surface area contributed by atoms with Crippen LogP contribution in [-0.2, 0) is 27.9 Å². The summed E-state index contributed by atoms with van der Waals surface area (Å²) in [5.74, 6) is -0.395. The summed E-state index contributed by atoms with van der Waals surface area (Å²) in [6, 6.07) is 8.11. The lowest BCUT2D eigenvalue weighted by Crippen LogP contribution is -2.32. The zero-order valence-corrected chi connectivity index (χ0v) is 16.4. The van der Waals surface area contributed by atoms with E-state index in [1.165, 1.54) is 17.0 Å². The predicted molar refractivity (Wildman–Crippen MR) is 101 cm³/mol. The summed E-state index contributed by atoms with van der Waals surface area (Å²) in [5, 5.41) is 8.09. The van der Waals surface area contributed by atoms with Gasteiger partial charge in [0.25, 0.3) is 5.56 Å². The molecular weight excluding hydrogens is 444 g/mol. The summed E-state index contributed by atoms with van der Waals surface area (Å²) in [7, 11) is -3.75. The molecule has 3 N–H and O–H groups in total. The minimum absolute atomic E-state index is 0.0299. The van der Waals surface area contributed by atoms with Crippen LogP contribution in [0, 0.1) is 0 Å². The van der Waals surface area contributed by atoms with E-state index in [1.54, 1.807) is 24.3 Å². The Kier molecular flexibility index (Phi) is 5.23. The molecule has 0 radical (unpaired) electrons. The molecule has 8 nitrogen and oxygen atoms in total. The average molecular weight is 457 g/mol. The van der Waals surface area contributed by atoms with Crippen LogP contribution in [0.2, 0.25) is 0 Å². The number of hydrogen-bond acceptors (Lipinski definition) is 6. The molecular formula is C15H13BrN4O4S2. The van der Waals surface area contributed by atoms with Crippen LogP contribution < -0.4 is 16.0 Å². The highest BCUT2D eigenvalue weighted by atomic mass is 79.9. The number of nitrogens with zero attached hydrogens (tertiary/aromatic N) is 2. The van der Waals surface area contributed by atoms with Gasteiger partial charge < -0.3 is 5.32 Å². The smallest absolute Gasteiger partial charge is 0.261 e. The van der Waals surface area contributed by atoms with Crippen LogP contribution >= 0.6 is 27.3 Å². The Hall–Kier alpha value is -2.08. The summed E-state index contributed by atoms with van der Waals surface area (Å²) in [6.07, 6.45) is 1.32. The second-order valence-electron chi connectivity index (χ2n) is 5.38. The molecule has 0 atom stereocenters. The van der Waals surface area contributed by atoms with Crippen LogP contribution in [-0.4, -0.2) is 23.9 Å². The molecule has 0 unspecified atom stereocenters. The molecule has 0 aliphatic heterocycles. The molecule has 26 heavy (non-hydrogen) atoms. The number of nitrogens with two attached hydrogens (primary N) is 1. The summed E-state index contributed by atoms with van der Waals surface area (Å²) in [5.41, 5.74) is 0.225. The maximum absolute atomic E-state index is 12.4. The van der Waals surface area contributed by atoms with Gasteiger partial charge in [0.05, 0.1) is 23.8 Å². The highest BCUT2D eigenvalue weighted by molar-refractivity contribution is 9.10. The molecule has 0 saturated heterocycles. The molecule has 0 fully saturated rings. The van der Waals surface area contributed by atoms with Gasteiger partial charge in [-0.25, -0.2) is 18.5 Å². The zero-order valence-electron chi connectivity index (χ0n) is 13.2.